The second kappa shape index (κ2) is 11.6. The van der Waals surface area contributed by atoms with E-state index in [1.165, 1.54) is 44.5 Å². The molecular formula is C30H37N7. The summed E-state index contributed by atoms with van der Waals surface area (Å²) in [7, 11) is 0. The van der Waals surface area contributed by atoms with Crippen molar-refractivity contribution in [2.45, 2.75) is 45.6 Å². The number of fused-ring (bicyclic) bond motifs is 1. The predicted octanol–water partition coefficient (Wildman–Crippen LogP) is 5.45. The van der Waals surface area contributed by atoms with Gasteiger partial charge in [0.25, 0.3) is 0 Å². The quantitative estimate of drug-likeness (QED) is 0.155. The Hall–Kier alpha value is -3.71. The van der Waals surface area contributed by atoms with Gasteiger partial charge in [-0.15, -0.1) is 0 Å². The number of aromatic nitrogens is 3. The van der Waals surface area contributed by atoms with Crippen LogP contribution >= 0.6 is 0 Å². The Bertz CT molecular complexity index is 1370. The first kappa shape index (κ1) is 25.0. The highest BCUT2D eigenvalue weighted by Gasteiger charge is 2.17. The van der Waals surface area contributed by atoms with Gasteiger partial charge in [-0.05, 0) is 74.4 Å². The number of rotatable bonds is 10. The third kappa shape index (κ3) is 6.17. The fraction of sp³-hybridized carbons (Fsp3) is 0.367. The summed E-state index contributed by atoms with van der Waals surface area (Å²) in [5.41, 5.74) is 12.4. The minimum absolute atomic E-state index is 0.327. The first-order chi connectivity index (χ1) is 18.1. The zero-order valence-electron chi connectivity index (χ0n) is 21.7. The summed E-state index contributed by atoms with van der Waals surface area (Å²) >= 11 is 0. The molecule has 2 aromatic heterocycles. The fourth-order valence-corrected chi connectivity index (χ4v) is 5.44. The summed E-state index contributed by atoms with van der Waals surface area (Å²) in [5, 5.41) is 13.3. The van der Waals surface area contributed by atoms with Crippen molar-refractivity contribution >= 4 is 23.1 Å². The molecule has 5 rings (SSSR count). The van der Waals surface area contributed by atoms with Gasteiger partial charge in [-0.3, -0.25) is 10.1 Å². The summed E-state index contributed by atoms with van der Waals surface area (Å²) in [4.78, 5) is 10.2. The largest absolute Gasteiger partial charge is 0.382 e. The van der Waals surface area contributed by atoms with Gasteiger partial charge >= 0.3 is 0 Å². The van der Waals surface area contributed by atoms with Crippen molar-refractivity contribution in [2.24, 2.45) is 16.6 Å². The van der Waals surface area contributed by atoms with E-state index in [9.17, 15) is 0 Å². The van der Waals surface area contributed by atoms with E-state index in [-0.39, 0.29) is 0 Å². The fourth-order valence-electron chi connectivity index (χ4n) is 5.44. The molecule has 4 aromatic rings. The topological polar surface area (TPSA) is 99.1 Å². The average Bonchev–Trinajstić information content (AvgIpc) is 3.51. The highest BCUT2D eigenvalue weighted by Crippen LogP contribution is 2.29. The van der Waals surface area contributed by atoms with E-state index < -0.39 is 0 Å². The predicted molar refractivity (Wildman–Crippen MR) is 152 cm³/mol. The lowest BCUT2D eigenvalue weighted by molar-refractivity contribution is 0.181. The SMILES string of the molecule is CC1CCCN(CCCCc2cc(-c3ccc4cn(Cc5ccccc5)nc4c3)c(/C(N)=N\C=N)[nH]2)C1. The van der Waals surface area contributed by atoms with Crippen molar-refractivity contribution in [3.63, 3.8) is 0 Å². The van der Waals surface area contributed by atoms with Crippen molar-refractivity contribution in [1.29, 1.82) is 5.41 Å². The van der Waals surface area contributed by atoms with Gasteiger partial charge in [0.15, 0.2) is 0 Å². The van der Waals surface area contributed by atoms with E-state index in [4.69, 9.17) is 16.2 Å². The summed E-state index contributed by atoms with van der Waals surface area (Å²) in [6, 6.07) is 18.9. The Morgan fingerprint density at radius 3 is 2.86 bits per heavy atom. The zero-order valence-corrected chi connectivity index (χ0v) is 21.7. The van der Waals surface area contributed by atoms with Crippen LogP contribution in [-0.2, 0) is 13.0 Å². The van der Waals surface area contributed by atoms with Crippen LogP contribution in [0.1, 0.15) is 49.6 Å². The van der Waals surface area contributed by atoms with Crippen LogP contribution in [0, 0.1) is 11.3 Å². The molecule has 192 valence electrons. The van der Waals surface area contributed by atoms with Crippen LogP contribution < -0.4 is 5.73 Å². The third-order valence-corrected chi connectivity index (χ3v) is 7.30. The first-order valence-corrected chi connectivity index (χ1v) is 13.4. The molecule has 1 unspecified atom stereocenters. The van der Waals surface area contributed by atoms with Crippen LogP contribution in [0.2, 0.25) is 0 Å². The first-order valence-electron chi connectivity index (χ1n) is 13.4. The van der Waals surface area contributed by atoms with E-state index in [1.807, 2.05) is 10.7 Å². The Balaban J connectivity index is 1.33. The van der Waals surface area contributed by atoms with Crippen LogP contribution in [0.4, 0.5) is 0 Å². The lowest BCUT2D eigenvalue weighted by Gasteiger charge is -2.30. The van der Waals surface area contributed by atoms with Crippen molar-refractivity contribution < 1.29 is 0 Å². The molecule has 0 spiro atoms. The maximum atomic E-state index is 7.39. The summed E-state index contributed by atoms with van der Waals surface area (Å²) in [6.45, 7) is 6.74. The number of aliphatic imine (C=N–C) groups is 1. The second-order valence-electron chi connectivity index (χ2n) is 10.3. The van der Waals surface area contributed by atoms with Crippen LogP contribution in [0.25, 0.3) is 22.0 Å². The number of nitrogens with zero attached hydrogens (tertiary/aromatic N) is 4. The Morgan fingerprint density at radius 1 is 1.19 bits per heavy atom. The normalized spacial score (nSPS) is 16.9. The number of hydrogen-bond acceptors (Lipinski definition) is 3. The summed E-state index contributed by atoms with van der Waals surface area (Å²) in [6.07, 6.45) is 9.03. The number of amidine groups is 1. The van der Waals surface area contributed by atoms with Gasteiger partial charge in [0.1, 0.15) is 12.2 Å². The molecule has 0 radical (unpaired) electrons. The van der Waals surface area contributed by atoms with Crippen LogP contribution in [0.15, 0.2) is 65.8 Å². The smallest absolute Gasteiger partial charge is 0.149 e. The number of aryl methyl sites for hydroxylation is 1. The zero-order chi connectivity index (χ0) is 25.6. The van der Waals surface area contributed by atoms with Crippen LogP contribution in [0.5, 0.6) is 0 Å². The molecule has 7 nitrogen and oxygen atoms in total. The van der Waals surface area contributed by atoms with E-state index in [0.717, 1.165) is 65.1 Å². The number of nitrogens with one attached hydrogen (secondary N) is 2. The van der Waals surface area contributed by atoms with Gasteiger partial charge in [0.2, 0.25) is 0 Å². The molecule has 1 fully saturated rings. The summed E-state index contributed by atoms with van der Waals surface area (Å²) < 4.78 is 1.99. The number of nitrogens with two attached hydrogens (primary N) is 1. The van der Waals surface area contributed by atoms with Crippen LogP contribution in [-0.4, -0.2) is 51.5 Å². The monoisotopic (exact) mass is 495 g/mol. The molecule has 1 saturated heterocycles. The number of piperidine rings is 1. The molecular weight excluding hydrogens is 458 g/mol. The van der Waals surface area contributed by atoms with Gasteiger partial charge in [0, 0.05) is 29.4 Å². The van der Waals surface area contributed by atoms with E-state index in [0.29, 0.717) is 5.84 Å². The van der Waals surface area contributed by atoms with E-state index in [1.54, 1.807) is 0 Å². The molecule has 37 heavy (non-hydrogen) atoms. The number of unbranched alkanes of at least 4 members (excludes halogenated alkanes) is 1. The number of likely N-dealkylation sites (tertiary alicyclic amines) is 1. The Morgan fingerprint density at radius 2 is 2.05 bits per heavy atom. The molecule has 7 heteroatoms. The van der Waals surface area contributed by atoms with Crippen molar-refractivity contribution in [1.82, 2.24) is 19.7 Å². The molecule has 4 N–H and O–H groups in total. The van der Waals surface area contributed by atoms with Gasteiger partial charge in [-0.2, -0.15) is 5.10 Å². The van der Waals surface area contributed by atoms with Gasteiger partial charge in [0.05, 0.1) is 17.8 Å². The van der Waals surface area contributed by atoms with Gasteiger partial charge in [-0.25, -0.2) is 4.99 Å². The highest BCUT2D eigenvalue weighted by molar-refractivity contribution is 6.05. The minimum atomic E-state index is 0.327. The Labute approximate surface area is 218 Å². The summed E-state index contributed by atoms with van der Waals surface area (Å²) in [5.74, 6) is 1.15. The molecule has 1 aliphatic heterocycles. The van der Waals surface area contributed by atoms with Gasteiger partial charge in [-0.1, -0.05) is 49.4 Å². The lowest BCUT2D eigenvalue weighted by atomic mass is 10.00. The molecule has 0 aliphatic carbocycles. The lowest BCUT2D eigenvalue weighted by Crippen LogP contribution is -2.34. The Kier molecular flexibility index (Phi) is 7.80. The molecule has 0 amide bonds. The van der Waals surface area contributed by atoms with Crippen LogP contribution in [0.3, 0.4) is 0 Å². The van der Waals surface area contributed by atoms with E-state index >= 15 is 0 Å². The molecule has 1 atom stereocenters. The van der Waals surface area contributed by atoms with Crippen molar-refractivity contribution in [2.75, 3.05) is 19.6 Å². The standard InChI is InChI=1S/C30H37N7/c1-22-8-7-15-36(18-22)14-6-5-11-26-17-27(29(34-26)30(32)33-21-31)24-12-13-25-20-37(35-28(25)16-24)19-23-9-3-2-4-10-23/h2-4,9-10,12-13,16-17,20-22,34H,5-8,11,14-15,18-19H2,1H3,(H3,31,32,33). The number of H-pyrrole nitrogens is 1. The van der Waals surface area contributed by atoms with Crippen molar-refractivity contribution in [3.8, 4) is 11.1 Å². The number of aromatic amines is 1. The van der Waals surface area contributed by atoms with Crippen molar-refractivity contribution in [3.05, 3.63) is 77.7 Å². The molecule has 0 bridgehead atoms. The third-order valence-electron chi connectivity index (χ3n) is 7.30. The average molecular weight is 496 g/mol. The second-order valence-corrected chi connectivity index (χ2v) is 10.3. The van der Waals surface area contributed by atoms with E-state index in [2.05, 4.69) is 76.5 Å². The number of hydrogen-bond donors (Lipinski definition) is 3. The molecule has 3 heterocycles. The maximum absolute atomic E-state index is 7.39. The highest BCUT2D eigenvalue weighted by atomic mass is 15.3. The molecule has 0 saturated carbocycles. The minimum Gasteiger partial charge on any atom is -0.382 e. The molecule has 1 aliphatic rings. The molecule has 2 aromatic carbocycles. The van der Waals surface area contributed by atoms with Gasteiger partial charge < -0.3 is 15.6 Å². The number of benzene rings is 2. The maximum Gasteiger partial charge on any atom is 0.149 e.